The topological polar surface area (TPSA) is 68.0 Å². The van der Waals surface area contributed by atoms with E-state index in [9.17, 15) is 4.79 Å². The van der Waals surface area contributed by atoms with Gasteiger partial charge in [0, 0.05) is 11.7 Å². The number of anilines is 1. The number of carbonyl (C=O) groups excluding carboxylic acids is 1. The number of aromatic nitrogens is 1. The Hall–Kier alpha value is -1.58. The van der Waals surface area contributed by atoms with Crippen LogP contribution in [-0.2, 0) is 11.2 Å². The van der Waals surface area contributed by atoms with E-state index in [2.05, 4.69) is 17.2 Å². The van der Waals surface area contributed by atoms with Crippen molar-refractivity contribution in [1.29, 1.82) is 0 Å². The Morgan fingerprint density at radius 3 is 2.88 bits per heavy atom. The summed E-state index contributed by atoms with van der Waals surface area (Å²) >= 11 is 0. The van der Waals surface area contributed by atoms with Crippen LogP contribution in [0.25, 0.3) is 0 Å². The largest absolute Gasteiger partial charge is 0.397 e. The Morgan fingerprint density at radius 1 is 1.59 bits per heavy atom. The zero-order valence-corrected chi connectivity index (χ0v) is 10.1. The van der Waals surface area contributed by atoms with Gasteiger partial charge in [-0.2, -0.15) is 0 Å². The lowest BCUT2D eigenvalue weighted by molar-refractivity contribution is -0.121. The van der Waals surface area contributed by atoms with Crippen LogP contribution in [0.5, 0.6) is 0 Å². The molecule has 1 heterocycles. The summed E-state index contributed by atoms with van der Waals surface area (Å²) in [6.45, 7) is 2.08. The van der Waals surface area contributed by atoms with Crippen LogP contribution in [0, 0.1) is 5.92 Å². The maximum Gasteiger partial charge on any atom is 0.226 e. The van der Waals surface area contributed by atoms with Crippen molar-refractivity contribution in [2.75, 3.05) is 5.73 Å². The molecule has 1 aromatic rings. The Kier molecular flexibility index (Phi) is 3.61. The van der Waals surface area contributed by atoms with Crippen LogP contribution in [0.2, 0.25) is 0 Å². The summed E-state index contributed by atoms with van der Waals surface area (Å²) in [5.41, 5.74) is 6.92. The number of nitrogens with one attached hydrogen (secondary N) is 1. The lowest BCUT2D eigenvalue weighted by Crippen LogP contribution is -2.41. The first-order valence-electron chi connectivity index (χ1n) is 6.15. The molecule has 1 amide bonds. The van der Waals surface area contributed by atoms with Crippen LogP contribution in [-0.4, -0.2) is 16.9 Å². The molecule has 2 rings (SSSR count). The molecule has 0 saturated heterocycles. The second kappa shape index (κ2) is 5.17. The number of carbonyl (C=O) groups is 1. The van der Waals surface area contributed by atoms with Crippen molar-refractivity contribution in [3.63, 3.8) is 0 Å². The van der Waals surface area contributed by atoms with E-state index >= 15 is 0 Å². The van der Waals surface area contributed by atoms with Gasteiger partial charge in [0.1, 0.15) is 0 Å². The van der Waals surface area contributed by atoms with Crippen LogP contribution < -0.4 is 11.1 Å². The van der Waals surface area contributed by atoms with Gasteiger partial charge in [0.15, 0.2) is 0 Å². The summed E-state index contributed by atoms with van der Waals surface area (Å²) in [4.78, 5) is 15.9. The average Bonchev–Trinajstić information content (AvgIpc) is 2.18. The molecular weight excluding hydrogens is 214 g/mol. The first-order valence-corrected chi connectivity index (χ1v) is 6.15. The highest BCUT2D eigenvalue weighted by Crippen LogP contribution is 2.29. The van der Waals surface area contributed by atoms with E-state index in [0.29, 0.717) is 18.0 Å². The van der Waals surface area contributed by atoms with Crippen molar-refractivity contribution in [1.82, 2.24) is 10.3 Å². The number of nitrogens with two attached hydrogens (primary N) is 1. The summed E-state index contributed by atoms with van der Waals surface area (Å²) in [5, 5.41) is 3.03. The molecule has 3 N–H and O–H groups in total. The molecule has 92 valence electrons. The molecule has 1 aliphatic rings. The van der Waals surface area contributed by atoms with Gasteiger partial charge >= 0.3 is 0 Å². The lowest BCUT2D eigenvalue weighted by atomic mass is 9.80. The summed E-state index contributed by atoms with van der Waals surface area (Å²) < 4.78 is 0. The maximum absolute atomic E-state index is 11.8. The number of rotatable bonds is 4. The van der Waals surface area contributed by atoms with Gasteiger partial charge in [-0.05, 0) is 37.8 Å². The molecular formula is C13H19N3O. The fourth-order valence-electron chi connectivity index (χ4n) is 2.07. The first-order chi connectivity index (χ1) is 8.15. The molecule has 1 unspecified atom stereocenters. The van der Waals surface area contributed by atoms with Gasteiger partial charge < -0.3 is 11.1 Å². The molecule has 0 radical (unpaired) electrons. The molecule has 4 heteroatoms. The third kappa shape index (κ3) is 3.19. The van der Waals surface area contributed by atoms with Crippen LogP contribution in [0.1, 0.15) is 31.9 Å². The van der Waals surface area contributed by atoms with E-state index in [0.717, 1.165) is 5.69 Å². The van der Waals surface area contributed by atoms with Gasteiger partial charge in [-0.25, -0.2) is 0 Å². The minimum absolute atomic E-state index is 0.0432. The van der Waals surface area contributed by atoms with Crippen molar-refractivity contribution >= 4 is 11.6 Å². The van der Waals surface area contributed by atoms with Crippen LogP contribution in [0.3, 0.4) is 0 Å². The van der Waals surface area contributed by atoms with Gasteiger partial charge in [-0.3, -0.25) is 9.78 Å². The molecule has 1 aromatic heterocycles. The highest BCUT2D eigenvalue weighted by molar-refractivity contribution is 5.78. The van der Waals surface area contributed by atoms with Gasteiger partial charge in [-0.1, -0.05) is 6.42 Å². The van der Waals surface area contributed by atoms with Crippen molar-refractivity contribution in [2.45, 2.75) is 38.6 Å². The van der Waals surface area contributed by atoms with E-state index in [-0.39, 0.29) is 11.9 Å². The number of nitrogens with zero attached hydrogens (tertiary/aromatic N) is 1. The van der Waals surface area contributed by atoms with Crippen molar-refractivity contribution < 1.29 is 4.79 Å². The molecule has 0 bridgehead atoms. The molecule has 0 aromatic carbocycles. The van der Waals surface area contributed by atoms with Gasteiger partial charge in [0.05, 0.1) is 18.3 Å². The van der Waals surface area contributed by atoms with Gasteiger partial charge in [0.25, 0.3) is 0 Å². The van der Waals surface area contributed by atoms with E-state index in [1.807, 2.05) is 0 Å². The third-order valence-electron chi connectivity index (χ3n) is 3.43. The zero-order chi connectivity index (χ0) is 12.3. The van der Waals surface area contributed by atoms with Crippen LogP contribution in [0.15, 0.2) is 18.3 Å². The highest BCUT2D eigenvalue weighted by Gasteiger charge is 2.24. The van der Waals surface area contributed by atoms with Crippen molar-refractivity contribution in [3.8, 4) is 0 Å². The predicted molar refractivity (Wildman–Crippen MR) is 67.3 cm³/mol. The molecule has 0 aliphatic heterocycles. The summed E-state index contributed by atoms with van der Waals surface area (Å²) in [6, 6.07) is 3.85. The average molecular weight is 233 g/mol. The zero-order valence-electron chi connectivity index (χ0n) is 10.1. The third-order valence-corrected chi connectivity index (χ3v) is 3.43. The maximum atomic E-state index is 11.8. The number of amides is 1. The fraction of sp³-hybridized carbons (Fsp3) is 0.538. The monoisotopic (exact) mass is 233 g/mol. The minimum atomic E-state index is 0.0432. The van der Waals surface area contributed by atoms with E-state index in [1.54, 1.807) is 18.3 Å². The Morgan fingerprint density at radius 2 is 2.35 bits per heavy atom. The first kappa shape index (κ1) is 11.9. The molecule has 1 saturated carbocycles. The molecule has 17 heavy (non-hydrogen) atoms. The summed E-state index contributed by atoms with van der Waals surface area (Å²) in [7, 11) is 0. The SMILES string of the molecule is CC(NC(=O)Cc1ccc(N)cn1)C1CCC1. The normalized spacial score (nSPS) is 17.2. The Bertz CT molecular complexity index is 384. The highest BCUT2D eigenvalue weighted by atomic mass is 16.1. The lowest BCUT2D eigenvalue weighted by Gasteiger charge is -2.31. The van der Waals surface area contributed by atoms with Crippen LogP contribution >= 0.6 is 0 Å². The molecule has 1 atom stereocenters. The van der Waals surface area contributed by atoms with Crippen molar-refractivity contribution in [2.24, 2.45) is 5.92 Å². The van der Waals surface area contributed by atoms with E-state index < -0.39 is 0 Å². The van der Waals surface area contributed by atoms with Gasteiger partial charge in [0.2, 0.25) is 5.91 Å². The quantitative estimate of drug-likeness (QED) is 0.828. The van der Waals surface area contributed by atoms with Crippen molar-refractivity contribution in [3.05, 3.63) is 24.0 Å². The molecule has 0 spiro atoms. The number of hydrogen-bond donors (Lipinski definition) is 2. The Labute approximate surface area is 102 Å². The fourth-order valence-corrected chi connectivity index (χ4v) is 2.07. The number of hydrogen-bond acceptors (Lipinski definition) is 3. The Balaban J connectivity index is 1.82. The predicted octanol–water partition coefficient (Wildman–Crippen LogP) is 1.51. The smallest absolute Gasteiger partial charge is 0.226 e. The van der Waals surface area contributed by atoms with Crippen LogP contribution in [0.4, 0.5) is 5.69 Å². The van der Waals surface area contributed by atoms with E-state index in [1.165, 1.54) is 19.3 Å². The van der Waals surface area contributed by atoms with Gasteiger partial charge in [-0.15, -0.1) is 0 Å². The minimum Gasteiger partial charge on any atom is -0.397 e. The summed E-state index contributed by atoms with van der Waals surface area (Å²) in [6.07, 6.45) is 5.68. The molecule has 1 aliphatic carbocycles. The molecule has 1 fully saturated rings. The standard InChI is InChI=1S/C13H19N3O/c1-9(10-3-2-4-10)16-13(17)7-12-6-5-11(14)8-15-12/h5-6,8-10H,2-4,7,14H2,1H3,(H,16,17). The number of pyridine rings is 1. The number of nitrogen functional groups attached to an aromatic ring is 1. The van der Waals surface area contributed by atoms with E-state index in [4.69, 9.17) is 5.73 Å². The molecule has 4 nitrogen and oxygen atoms in total. The second-order valence-electron chi connectivity index (χ2n) is 4.81. The summed E-state index contributed by atoms with van der Waals surface area (Å²) in [5.74, 6) is 0.708. The second-order valence-corrected chi connectivity index (χ2v) is 4.81.